The molecule has 1 aliphatic rings. The maximum absolute atomic E-state index is 13.0. The van der Waals surface area contributed by atoms with Gasteiger partial charge in [0.25, 0.3) is 0 Å². The Balaban J connectivity index is 1.48. The van der Waals surface area contributed by atoms with Crippen molar-refractivity contribution in [2.45, 2.75) is 24.9 Å². The molecule has 5 nitrogen and oxygen atoms in total. The highest BCUT2D eigenvalue weighted by molar-refractivity contribution is 7.09. The van der Waals surface area contributed by atoms with Gasteiger partial charge in [-0.15, -0.1) is 11.3 Å². The number of halogens is 4. The van der Waals surface area contributed by atoms with E-state index in [1.807, 2.05) is 4.90 Å². The van der Waals surface area contributed by atoms with Crippen LogP contribution in [0.1, 0.15) is 29.5 Å². The van der Waals surface area contributed by atoms with Crippen LogP contribution in [0.25, 0.3) is 0 Å². The molecule has 1 fully saturated rings. The zero-order valence-electron chi connectivity index (χ0n) is 15.1. The summed E-state index contributed by atoms with van der Waals surface area (Å²) in [4.78, 5) is 14.4. The van der Waals surface area contributed by atoms with Gasteiger partial charge >= 0.3 is 6.18 Å². The molecule has 152 valence electrons. The predicted octanol–water partition coefficient (Wildman–Crippen LogP) is 5.27. The summed E-state index contributed by atoms with van der Waals surface area (Å²) in [5, 5.41) is 1.53. The van der Waals surface area contributed by atoms with E-state index in [0.717, 1.165) is 29.6 Å². The first-order chi connectivity index (χ1) is 13.9. The fourth-order valence-electron chi connectivity index (χ4n) is 3.13. The molecular weight excluding hydrogens is 408 g/mol. The summed E-state index contributed by atoms with van der Waals surface area (Å²) in [5.74, 6) is 0.695. The second-order valence-electron chi connectivity index (χ2n) is 6.60. The lowest BCUT2D eigenvalue weighted by molar-refractivity contribution is -0.140. The Kier molecular flexibility index (Phi) is 5.35. The van der Waals surface area contributed by atoms with E-state index in [1.54, 1.807) is 12.3 Å². The highest BCUT2D eigenvalue weighted by atomic mass is 32.1. The van der Waals surface area contributed by atoms with Crippen molar-refractivity contribution in [2.75, 3.05) is 18.0 Å². The van der Waals surface area contributed by atoms with Crippen molar-refractivity contribution in [1.29, 1.82) is 0 Å². The number of hydrogen-bond donors (Lipinski definition) is 0. The second kappa shape index (κ2) is 7.94. The lowest BCUT2D eigenvalue weighted by Gasteiger charge is -2.31. The van der Waals surface area contributed by atoms with E-state index in [0.29, 0.717) is 35.7 Å². The van der Waals surface area contributed by atoms with E-state index >= 15 is 0 Å². The molecule has 1 aliphatic heterocycles. The fraction of sp³-hybridized carbons (Fsp3) is 0.316. The molecule has 0 radical (unpaired) electrons. The molecule has 0 saturated carbocycles. The summed E-state index contributed by atoms with van der Waals surface area (Å²) >= 11 is 1.03. The van der Waals surface area contributed by atoms with E-state index in [1.165, 1.54) is 24.3 Å². The van der Waals surface area contributed by atoms with E-state index in [-0.39, 0.29) is 11.7 Å². The lowest BCUT2D eigenvalue weighted by Crippen LogP contribution is -2.35. The molecule has 0 amide bonds. The molecule has 1 aromatic carbocycles. The number of aromatic nitrogens is 3. The number of rotatable bonds is 4. The topological polar surface area (TPSA) is 51.1 Å². The summed E-state index contributed by atoms with van der Waals surface area (Å²) in [6.45, 7) is 1.17. The van der Waals surface area contributed by atoms with Gasteiger partial charge in [0.15, 0.2) is 5.69 Å². The third kappa shape index (κ3) is 4.64. The number of piperidine rings is 1. The van der Waals surface area contributed by atoms with Crippen molar-refractivity contribution in [1.82, 2.24) is 15.0 Å². The molecule has 1 saturated heterocycles. The smallest absolute Gasteiger partial charge is 0.434 e. The first-order valence-electron chi connectivity index (χ1n) is 8.92. The van der Waals surface area contributed by atoms with E-state index < -0.39 is 11.9 Å². The zero-order valence-corrected chi connectivity index (χ0v) is 15.9. The minimum Gasteiger partial charge on any atom is -0.439 e. The van der Waals surface area contributed by atoms with Crippen molar-refractivity contribution < 1.29 is 22.3 Å². The van der Waals surface area contributed by atoms with E-state index in [9.17, 15) is 17.6 Å². The zero-order chi connectivity index (χ0) is 20.4. The number of alkyl halides is 3. The SMILES string of the molecule is Fc1ccc(Oc2ccnc(N3CCCC(c4nc(C(F)(F)F)cs4)C3)n2)cc1. The summed E-state index contributed by atoms with van der Waals surface area (Å²) in [6, 6.07) is 7.15. The fourth-order valence-corrected chi connectivity index (χ4v) is 4.09. The van der Waals surface area contributed by atoms with Crippen LogP contribution in [0.5, 0.6) is 11.6 Å². The summed E-state index contributed by atoms with van der Waals surface area (Å²) in [5.41, 5.74) is -0.847. The molecule has 1 unspecified atom stereocenters. The number of benzene rings is 1. The normalized spacial score (nSPS) is 17.4. The number of anilines is 1. The van der Waals surface area contributed by atoms with Crippen LogP contribution in [0.2, 0.25) is 0 Å². The van der Waals surface area contributed by atoms with E-state index in [2.05, 4.69) is 15.0 Å². The second-order valence-corrected chi connectivity index (χ2v) is 7.49. The number of nitrogens with zero attached hydrogens (tertiary/aromatic N) is 4. The summed E-state index contributed by atoms with van der Waals surface area (Å²) < 4.78 is 57.2. The quantitative estimate of drug-likeness (QED) is 0.535. The van der Waals surface area contributed by atoms with Gasteiger partial charge in [0.1, 0.15) is 11.6 Å². The van der Waals surface area contributed by atoms with Gasteiger partial charge in [0.2, 0.25) is 11.8 Å². The molecule has 0 N–H and O–H groups in total. The van der Waals surface area contributed by atoms with Gasteiger partial charge in [-0.3, -0.25) is 0 Å². The molecular formula is C19H16F4N4OS. The molecule has 4 rings (SSSR count). The highest BCUT2D eigenvalue weighted by Gasteiger charge is 2.35. The van der Waals surface area contributed by atoms with Gasteiger partial charge < -0.3 is 9.64 Å². The van der Waals surface area contributed by atoms with E-state index in [4.69, 9.17) is 4.74 Å². The maximum atomic E-state index is 13.0. The van der Waals surface area contributed by atoms with Crippen LogP contribution in [0.4, 0.5) is 23.5 Å². The van der Waals surface area contributed by atoms with Gasteiger partial charge in [-0.05, 0) is 37.1 Å². The largest absolute Gasteiger partial charge is 0.439 e. The Morgan fingerprint density at radius 3 is 2.62 bits per heavy atom. The van der Waals surface area contributed by atoms with Crippen molar-refractivity contribution in [2.24, 2.45) is 0 Å². The third-order valence-corrected chi connectivity index (χ3v) is 5.53. The van der Waals surface area contributed by atoms with Crippen LogP contribution in [-0.4, -0.2) is 28.0 Å². The van der Waals surface area contributed by atoms with Crippen molar-refractivity contribution in [3.63, 3.8) is 0 Å². The minimum absolute atomic E-state index is 0.116. The molecule has 1 atom stereocenters. The molecule has 3 heterocycles. The van der Waals surface area contributed by atoms with Crippen LogP contribution < -0.4 is 9.64 Å². The average Bonchev–Trinajstić information content (AvgIpc) is 3.21. The minimum atomic E-state index is -4.43. The molecule has 3 aromatic rings. The van der Waals surface area contributed by atoms with Gasteiger partial charge in [-0.2, -0.15) is 18.2 Å². The Morgan fingerprint density at radius 2 is 1.90 bits per heavy atom. The molecule has 0 aliphatic carbocycles. The number of ether oxygens (including phenoxy) is 1. The van der Waals surface area contributed by atoms with Gasteiger partial charge in [-0.25, -0.2) is 14.4 Å². The Labute approximate surface area is 168 Å². The Morgan fingerprint density at radius 1 is 1.10 bits per heavy atom. The van der Waals surface area contributed by atoms with Crippen LogP contribution in [0.15, 0.2) is 41.9 Å². The summed E-state index contributed by atoms with van der Waals surface area (Å²) in [7, 11) is 0. The highest BCUT2D eigenvalue weighted by Crippen LogP contribution is 2.35. The third-order valence-electron chi connectivity index (χ3n) is 4.52. The molecule has 0 spiro atoms. The molecule has 29 heavy (non-hydrogen) atoms. The van der Waals surface area contributed by atoms with Gasteiger partial charge in [0, 0.05) is 36.7 Å². The predicted molar refractivity (Wildman–Crippen MR) is 99.8 cm³/mol. The Bertz CT molecular complexity index is 977. The van der Waals surface area contributed by atoms with Gasteiger partial charge in [0.05, 0.1) is 5.01 Å². The molecule has 2 aromatic heterocycles. The van der Waals surface area contributed by atoms with Crippen molar-refractivity contribution >= 4 is 17.3 Å². The maximum Gasteiger partial charge on any atom is 0.434 e. The molecule has 0 bridgehead atoms. The monoisotopic (exact) mass is 424 g/mol. The first-order valence-corrected chi connectivity index (χ1v) is 9.80. The summed E-state index contributed by atoms with van der Waals surface area (Å²) in [6.07, 6.45) is -1.33. The lowest BCUT2D eigenvalue weighted by atomic mass is 9.99. The number of thiazole rings is 1. The van der Waals surface area contributed by atoms with Crippen LogP contribution in [-0.2, 0) is 6.18 Å². The van der Waals surface area contributed by atoms with Crippen molar-refractivity contribution in [3.05, 3.63) is 58.4 Å². The standard InChI is InChI=1S/C19H16F4N4OS/c20-13-3-5-14(6-4-13)28-16-7-8-24-18(26-16)27-9-1-2-12(10-27)17-25-15(11-29-17)19(21,22)23/h3-8,11-12H,1-2,9-10H2. The van der Waals surface area contributed by atoms with Crippen LogP contribution in [0, 0.1) is 5.82 Å². The van der Waals surface area contributed by atoms with Crippen molar-refractivity contribution in [3.8, 4) is 11.6 Å². The average molecular weight is 424 g/mol. The van der Waals surface area contributed by atoms with Crippen LogP contribution >= 0.6 is 11.3 Å². The molecule has 10 heteroatoms. The van der Waals surface area contributed by atoms with Gasteiger partial charge in [-0.1, -0.05) is 0 Å². The van der Waals surface area contributed by atoms with Crippen LogP contribution in [0.3, 0.4) is 0 Å². The Hall–Kier alpha value is -2.75. The number of hydrogen-bond acceptors (Lipinski definition) is 6. The first kappa shape index (κ1) is 19.6.